The van der Waals surface area contributed by atoms with Gasteiger partial charge in [-0.05, 0) is 37.7 Å². The first kappa shape index (κ1) is 20.2. The topological polar surface area (TPSA) is 78.4 Å². The number of nitrogens with one attached hydrogen (secondary N) is 2. The van der Waals surface area contributed by atoms with Crippen LogP contribution >= 0.6 is 0 Å². The Hall–Kier alpha value is -1.88. The molecule has 0 fully saturated rings. The zero-order valence-corrected chi connectivity index (χ0v) is 14.9. The molecule has 1 aromatic carbocycles. The fourth-order valence-corrected chi connectivity index (χ4v) is 2.44. The van der Waals surface area contributed by atoms with Gasteiger partial charge in [0.15, 0.2) is 6.10 Å². The molecule has 3 N–H and O–H groups in total. The molecular weight excluding hydrogens is 304 g/mol. The number of rotatable bonds is 10. The molecule has 0 spiro atoms. The lowest BCUT2D eigenvalue weighted by Crippen LogP contribution is -2.50. The summed E-state index contributed by atoms with van der Waals surface area (Å²) in [5.41, 5.74) is 1.11. The first-order valence-electron chi connectivity index (χ1n) is 8.73. The van der Waals surface area contributed by atoms with Crippen molar-refractivity contribution in [2.75, 3.05) is 6.54 Å². The maximum Gasteiger partial charge on any atom is 0.250 e. The number of amides is 2. The Morgan fingerprint density at radius 2 is 1.79 bits per heavy atom. The molecule has 134 valence electrons. The lowest BCUT2D eigenvalue weighted by Gasteiger charge is -2.24. The van der Waals surface area contributed by atoms with Gasteiger partial charge in [0, 0.05) is 13.0 Å². The van der Waals surface area contributed by atoms with E-state index in [-0.39, 0.29) is 5.91 Å². The fraction of sp³-hybridized carbons (Fsp3) is 0.579. The largest absolute Gasteiger partial charge is 0.381 e. The van der Waals surface area contributed by atoms with Crippen LogP contribution in [0.5, 0.6) is 0 Å². The van der Waals surface area contributed by atoms with Crippen molar-refractivity contribution in [3.8, 4) is 0 Å². The lowest BCUT2D eigenvalue weighted by atomic mass is 10.00. The number of aryl methyl sites for hydroxylation is 1. The van der Waals surface area contributed by atoms with Crippen LogP contribution in [0.1, 0.15) is 45.6 Å². The third-order valence-corrected chi connectivity index (χ3v) is 3.88. The minimum absolute atomic E-state index is 0.120. The number of carbonyl (C=O) groups excluding carboxylic acids is 2. The van der Waals surface area contributed by atoms with Gasteiger partial charge < -0.3 is 15.7 Å². The zero-order valence-electron chi connectivity index (χ0n) is 14.9. The highest BCUT2D eigenvalue weighted by atomic mass is 16.3. The molecule has 2 amide bonds. The van der Waals surface area contributed by atoms with Crippen molar-refractivity contribution in [2.24, 2.45) is 5.92 Å². The van der Waals surface area contributed by atoms with Crippen LogP contribution in [0.2, 0.25) is 0 Å². The van der Waals surface area contributed by atoms with Gasteiger partial charge in [0.2, 0.25) is 5.91 Å². The highest BCUT2D eigenvalue weighted by Crippen LogP contribution is 2.10. The van der Waals surface area contributed by atoms with Crippen LogP contribution < -0.4 is 10.6 Å². The Morgan fingerprint density at radius 3 is 2.38 bits per heavy atom. The van der Waals surface area contributed by atoms with Crippen molar-refractivity contribution >= 4 is 11.8 Å². The van der Waals surface area contributed by atoms with E-state index in [1.807, 2.05) is 30.3 Å². The number of hydrogen-bond donors (Lipinski definition) is 3. The predicted octanol–water partition coefficient (Wildman–Crippen LogP) is 2.04. The van der Waals surface area contributed by atoms with Gasteiger partial charge >= 0.3 is 0 Å². The number of benzene rings is 1. The fourth-order valence-electron chi connectivity index (χ4n) is 2.44. The third-order valence-electron chi connectivity index (χ3n) is 3.88. The van der Waals surface area contributed by atoms with E-state index in [2.05, 4.69) is 24.5 Å². The van der Waals surface area contributed by atoms with E-state index < -0.39 is 18.1 Å². The van der Waals surface area contributed by atoms with Crippen LogP contribution in [-0.2, 0) is 16.0 Å². The second-order valence-electron chi connectivity index (χ2n) is 6.47. The second kappa shape index (κ2) is 10.8. The Kier molecular flexibility index (Phi) is 9.08. The maximum atomic E-state index is 12.1. The summed E-state index contributed by atoms with van der Waals surface area (Å²) in [6.45, 7) is 6.36. The van der Waals surface area contributed by atoms with Crippen molar-refractivity contribution in [1.29, 1.82) is 0 Å². The zero-order chi connectivity index (χ0) is 17.9. The molecule has 0 radical (unpaired) electrons. The Morgan fingerprint density at radius 1 is 1.12 bits per heavy atom. The number of hydrogen-bond acceptors (Lipinski definition) is 3. The smallest absolute Gasteiger partial charge is 0.250 e. The van der Waals surface area contributed by atoms with E-state index in [0.717, 1.165) is 12.0 Å². The minimum Gasteiger partial charge on any atom is -0.381 e. The lowest BCUT2D eigenvalue weighted by molar-refractivity contribution is -0.132. The van der Waals surface area contributed by atoms with Gasteiger partial charge in [-0.25, -0.2) is 0 Å². The molecule has 0 heterocycles. The summed E-state index contributed by atoms with van der Waals surface area (Å²) in [4.78, 5) is 24.0. The van der Waals surface area contributed by atoms with Crippen molar-refractivity contribution < 1.29 is 14.7 Å². The van der Waals surface area contributed by atoms with Gasteiger partial charge in [-0.3, -0.25) is 9.59 Å². The molecule has 0 bridgehead atoms. The monoisotopic (exact) mass is 334 g/mol. The third kappa shape index (κ3) is 7.59. The van der Waals surface area contributed by atoms with E-state index >= 15 is 0 Å². The minimum atomic E-state index is -1.24. The van der Waals surface area contributed by atoms with Gasteiger partial charge in [-0.15, -0.1) is 0 Å². The Balaban J connectivity index is 2.67. The average molecular weight is 334 g/mol. The van der Waals surface area contributed by atoms with Gasteiger partial charge in [0.05, 0.1) is 6.04 Å². The summed E-state index contributed by atoms with van der Waals surface area (Å²) in [6, 6.07) is 9.25. The van der Waals surface area contributed by atoms with Crippen LogP contribution in [0.25, 0.3) is 0 Å². The number of aliphatic hydroxyl groups excluding tert-OH is 1. The summed E-state index contributed by atoms with van der Waals surface area (Å²) >= 11 is 0. The molecule has 0 aliphatic heterocycles. The van der Waals surface area contributed by atoms with E-state index in [9.17, 15) is 14.7 Å². The van der Waals surface area contributed by atoms with E-state index in [1.165, 1.54) is 0 Å². The van der Waals surface area contributed by atoms with E-state index in [4.69, 9.17) is 0 Å². The molecule has 24 heavy (non-hydrogen) atoms. The Labute approximate surface area is 144 Å². The molecule has 0 aliphatic carbocycles. The summed E-state index contributed by atoms with van der Waals surface area (Å²) < 4.78 is 0. The van der Waals surface area contributed by atoms with Gasteiger partial charge in [0.25, 0.3) is 5.91 Å². The quantitative estimate of drug-likeness (QED) is 0.613. The highest BCUT2D eigenvalue weighted by molar-refractivity contribution is 5.83. The summed E-state index contributed by atoms with van der Waals surface area (Å²) in [7, 11) is 0. The molecule has 5 heteroatoms. The summed E-state index contributed by atoms with van der Waals surface area (Å²) in [5, 5.41) is 15.7. The number of aliphatic hydroxyl groups is 1. The summed E-state index contributed by atoms with van der Waals surface area (Å²) in [5.74, 6) is -0.128. The molecular formula is C19H30N2O3. The standard InChI is InChI=1S/C19H30N2O3/c1-4-20-19(24)18(23)16(21-17(22)13-10-14(2)3)12-11-15-8-6-5-7-9-15/h5-9,14,16,18,23H,4,10-13H2,1-3H3,(H,20,24)(H,21,22)/t16-,18?/m0/s1. The molecule has 1 rings (SSSR count). The second-order valence-corrected chi connectivity index (χ2v) is 6.47. The molecule has 1 unspecified atom stereocenters. The van der Waals surface area contributed by atoms with Gasteiger partial charge in [-0.1, -0.05) is 44.2 Å². The van der Waals surface area contributed by atoms with Crippen LogP contribution in [0.3, 0.4) is 0 Å². The van der Waals surface area contributed by atoms with E-state index in [1.54, 1.807) is 6.92 Å². The van der Waals surface area contributed by atoms with Crippen LogP contribution in [0, 0.1) is 5.92 Å². The number of carbonyl (C=O) groups is 2. The maximum absolute atomic E-state index is 12.1. The first-order chi connectivity index (χ1) is 11.4. The average Bonchev–Trinajstić information content (AvgIpc) is 2.57. The molecule has 0 saturated carbocycles. The molecule has 1 aromatic rings. The number of likely N-dealkylation sites (N-methyl/N-ethyl adjacent to an activating group) is 1. The molecule has 5 nitrogen and oxygen atoms in total. The first-order valence-corrected chi connectivity index (χ1v) is 8.73. The normalized spacial score (nSPS) is 13.4. The van der Waals surface area contributed by atoms with Crippen molar-refractivity contribution in [3.63, 3.8) is 0 Å². The van der Waals surface area contributed by atoms with E-state index in [0.29, 0.717) is 31.7 Å². The predicted molar refractivity (Wildman–Crippen MR) is 95.5 cm³/mol. The molecule has 0 aromatic heterocycles. The molecule has 2 atom stereocenters. The van der Waals surface area contributed by atoms with Crippen molar-refractivity contribution in [2.45, 2.75) is 58.6 Å². The van der Waals surface area contributed by atoms with Crippen LogP contribution in [0.4, 0.5) is 0 Å². The molecule has 0 aliphatic rings. The van der Waals surface area contributed by atoms with Crippen molar-refractivity contribution in [1.82, 2.24) is 10.6 Å². The van der Waals surface area contributed by atoms with Gasteiger partial charge in [-0.2, -0.15) is 0 Å². The SMILES string of the molecule is CCNC(=O)C(O)[C@H](CCc1ccccc1)NC(=O)CCC(C)C. The van der Waals surface area contributed by atoms with Crippen molar-refractivity contribution in [3.05, 3.63) is 35.9 Å². The van der Waals surface area contributed by atoms with Crippen LogP contribution in [0.15, 0.2) is 30.3 Å². The highest BCUT2D eigenvalue weighted by Gasteiger charge is 2.27. The summed E-state index contributed by atoms with van der Waals surface area (Å²) in [6.07, 6.45) is 1.15. The van der Waals surface area contributed by atoms with Crippen LogP contribution in [-0.4, -0.2) is 35.6 Å². The van der Waals surface area contributed by atoms with Gasteiger partial charge in [0.1, 0.15) is 0 Å². The Bertz CT molecular complexity index is 503. The molecule has 0 saturated heterocycles.